The van der Waals surface area contributed by atoms with E-state index in [1.54, 1.807) is 0 Å². The van der Waals surface area contributed by atoms with E-state index < -0.39 is 0 Å². The van der Waals surface area contributed by atoms with Crippen LogP contribution >= 0.6 is 11.6 Å². The van der Waals surface area contributed by atoms with Crippen molar-refractivity contribution in [2.75, 3.05) is 66.0 Å². The fourth-order valence-corrected chi connectivity index (χ4v) is 9.15. The van der Waals surface area contributed by atoms with E-state index in [1.807, 2.05) is 12.1 Å². The van der Waals surface area contributed by atoms with Crippen molar-refractivity contribution in [3.8, 4) is 0 Å². The van der Waals surface area contributed by atoms with Gasteiger partial charge in [0.25, 0.3) is 5.91 Å². The molecular formula is C38H60ClN5O3. The quantitative estimate of drug-likeness (QED) is 0.391. The lowest BCUT2D eigenvalue weighted by Gasteiger charge is -2.43. The van der Waals surface area contributed by atoms with Crippen LogP contribution in [0.2, 0.25) is 5.02 Å². The van der Waals surface area contributed by atoms with Gasteiger partial charge in [0.15, 0.2) is 0 Å². The predicted octanol–water partition coefficient (Wildman–Crippen LogP) is 5.35. The Morgan fingerprint density at radius 2 is 1.64 bits per heavy atom. The number of halogens is 1. The summed E-state index contributed by atoms with van der Waals surface area (Å²) in [6.07, 6.45) is 6.44. The van der Waals surface area contributed by atoms with Crippen molar-refractivity contribution in [2.24, 2.45) is 11.3 Å². The lowest BCUT2D eigenvalue weighted by molar-refractivity contribution is -0.147. The number of likely N-dealkylation sites (tertiary alicyclic amines) is 2. The molecule has 4 aliphatic heterocycles. The minimum Gasteiger partial charge on any atom is -0.368 e. The van der Waals surface area contributed by atoms with Crippen LogP contribution in [0.1, 0.15) is 91.0 Å². The van der Waals surface area contributed by atoms with Crippen LogP contribution in [-0.2, 0) is 14.3 Å². The fourth-order valence-electron chi connectivity index (χ4n) is 9.03. The summed E-state index contributed by atoms with van der Waals surface area (Å²) in [6, 6.07) is 8.44. The zero-order valence-corrected chi connectivity index (χ0v) is 30.7. The Morgan fingerprint density at radius 1 is 0.957 bits per heavy atom. The number of amides is 2. The number of rotatable bonds is 7. The second-order valence-corrected chi connectivity index (χ2v) is 17.6. The zero-order chi connectivity index (χ0) is 33.5. The van der Waals surface area contributed by atoms with Crippen molar-refractivity contribution in [3.05, 3.63) is 34.9 Å². The molecule has 9 heteroatoms. The van der Waals surface area contributed by atoms with Crippen molar-refractivity contribution in [2.45, 2.75) is 115 Å². The van der Waals surface area contributed by atoms with Crippen LogP contribution in [0.3, 0.4) is 0 Å². The summed E-state index contributed by atoms with van der Waals surface area (Å²) in [5.41, 5.74) is 1.69. The number of carbonyl (C=O) groups excluding carboxylic acids is 2. The fraction of sp³-hybridized carbons (Fsp3) is 0.789. The third-order valence-electron chi connectivity index (χ3n) is 12.2. The first-order chi connectivity index (χ1) is 22.3. The lowest BCUT2D eigenvalue weighted by atomic mass is 9.75. The van der Waals surface area contributed by atoms with E-state index in [-0.39, 0.29) is 41.6 Å². The maximum absolute atomic E-state index is 14.5. The topological polar surface area (TPSA) is 59.6 Å². The Balaban J connectivity index is 1.29. The minimum atomic E-state index is -0.338. The molecule has 1 aromatic rings. The summed E-state index contributed by atoms with van der Waals surface area (Å²) in [7, 11) is 2.14. The van der Waals surface area contributed by atoms with Gasteiger partial charge in [-0.2, -0.15) is 0 Å². The highest BCUT2D eigenvalue weighted by molar-refractivity contribution is 6.30. The molecule has 5 fully saturated rings. The molecule has 0 spiro atoms. The van der Waals surface area contributed by atoms with E-state index in [2.05, 4.69) is 78.3 Å². The first-order valence-electron chi connectivity index (χ1n) is 18.4. The molecule has 0 radical (unpaired) electrons. The van der Waals surface area contributed by atoms with Crippen molar-refractivity contribution in [1.29, 1.82) is 0 Å². The van der Waals surface area contributed by atoms with Gasteiger partial charge in [-0.15, -0.1) is 0 Å². The molecule has 5 aliphatic rings. The van der Waals surface area contributed by atoms with Gasteiger partial charge in [0.1, 0.15) is 6.10 Å². The molecule has 1 saturated carbocycles. The molecule has 262 valence electrons. The van der Waals surface area contributed by atoms with Crippen molar-refractivity contribution < 1.29 is 14.3 Å². The van der Waals surface area contributed by atoms with E-state index in [0.717, 1.165) is 95.9 Å². The van der Waals surface area contributed by atoms with E-state index in [9.17, 15) is 9.59 Å². The number of hydrogen-bond donors (Lipinski definition) is 0. The van der Waals surface area contributed by atoms with Gasteiger partial charge < -0.3 is 19.4 Å². The van der Waals surface area contributed by atoms with Crippen LogP contribution in [0, 0.1) is 11.3 Å². The summed E-state index contributed by atoms with van der Waals surface area (Å²) < 4.78 is 6.02. The average molecular weight is 670 g/mol. The third-order valence-corrected chi connectivity index (χ3v) is 12.4. The van der Waals surface area contributed by atoms with E-state index in [0.29, 0.717) is 30.3 Å². The third kappa shape index (κ3) is 8.03. The Morgan fingerprint density at radius 3 is 2.26 bits per heavy atom. The lowest BCUT2D eigenvalue weighted by Crippen LogP contribution is -2.53. The average Bonchev–Trinajstić information content (AvgIpc) is 3.80. The molecule has 0 unspecified atom stereocenters. The Kier molecular flexibility index (Phi) is 10.7. The maximum atomic E-state index is 14.5. The summed E-state index contributed by atoms with van der Waals surface area (Å²) in [5.74, 6) is 1.15. The molecule has 4 heterocycles. The van der Waals surface area contributed by atoms with Crippen molar-refractivity contribution >= 4 is 23.4 Å². The van der Waals surface area contributed by atoms with Gasteiger partial charge in [0.2, 0.25) is 5.91 Å². The Bertz CT molecular complexity index is 1230. The van der Waals surface area contributed by atoms with Crippen LogP contribution in [0.5, 0.6) is 0 Å². The number of likely N-dealkylation sites (N-methyl/N-ethyl adjacent to an activating group) is 1. The summed E-state index contributed by atoms with van der Waals surface area (Å²) in [5, 5.41) is 0.762. The Labute approximate surface area is 289 Å². The summed E-state index contributed by atoms with van der Waals surface area (Å²) in [4.78, 5) is 40.6. The summed E-state index contributed by atoms with van der Waals surface area (Å²) >= 11 is 6.32. The first kappa shape index (κ1) is 35.1. The SMILES string of the molecule is CN1CCN(C(=O)[C@@H]2C[C@H](N(C(=O)[C@@H]3CCCO3)C3CCC(C)(C)CC3)CN2C[C@H]2CN(C(C)(C)C)C[C@H]2c2ccc(Cl)cc2)CC1. The monoisotopic (exact) mass is 669 g/mol. The molecule has 1 aromatic carbocycles. The van der Waals surface area contributed by atoms with E-state index in [1.165, 1.54) is 5.56 Å². The Hall–Kier alpha value is -1.71. The van der Waals surface area contributed by atoms with Gasteiger partial charge in [0, 0.05) is 87.5 Å². The molecule has 0 N–H and O–H groups in total. The van der Waals surface area contributed by atoms with Gasteiger partial charge in [0.05, 0.1) is 6.04 Å². The van der Waals surface area contributed by atoms with Crippen LogP contribution < -0.4 is 0 Å². The van der Waals surface area contributed by atoms with Crippen molar-refractivity contribution in [3.63, 3.8) is 0 Å². The highest BCUT2D eigenvalue weighted by Gasteiger charge is 2.49. The molecular weight excluding hydrogens is 610 g/mol. The number of ether oxygens (including phenoxy) is 1. The molecule has 5 atom stereocenters. The van der Waals surface area contributed by atoms with Gasteiger partial charge in [-0.05, 0) is 102 Å². The van der Waals surface area contributed by atoms with Crippen LogP contribution in [0.15, 0.2) is 24.3 Å². The normalized spacial score (nSPS) is 31.5. The number of carbonyl (C=O) groups is 2. The van der Waals surface area contributed by atoms with E-state index >= 15 is 0 Å². The molecule has 1 aliphatic carbocycles. The molecule has 2 amide bonds. The number of hydrogen-bond acceptors (Lipinski definition) is 6. The molecule has 0 aromatic heterocycles. The van der Waals surface area contributed by atoms with Crippen LogP contribution in [0.4, 0.5) is 0 Å². The summed E-state index contributed by atoms with van der Waals surface area (Å²) in [6.45, 7) is 19.2. The second-order valence-electron chi connectivity index (χ2n) is 17.1. The van der Waals surface area contributed by atoms with Crippen LogP contribution in [-0.4, -0.2) is 132 Å². The van der Waals surface area contributed by atoms with Crippen LogP contribution in [0.25, 0.3) is 0 Å². The predicted molar refractivity (Wildman–Crippen MR) is 189 cm³/mol. The number of benzene rings is 1. The van der Waals surface area contributed by atoms with Gasteiger partial charge in [-0.25, -0.2) is 0 Å². The van der Waals surface area contributed by atoms with Crippen molar-refractivity contribution in [1.82, 2.24) is 24.5 Å². The smallest absolute Gasteiger partial charge is 0.252 e. The molecule has 0 bridgehead atoms. The highest BCUT2D eigenvalue weighted by Crippen LogP contribution is 2.41. The molecule has 4 saturated heterocycles. The largest absolute Gasteiger partial charge is 0.368 e. The highest BCUT2D eigenvalue weighted by atomic mass is 35.5. The minimum absolute atomic E-state index is 0.0217. The molecule has 8 nitrogen and oxygen atoms in total. The maximum Gasteiger partial charge on any atom is 0.252 e. The zero-order valence-electron chi connectivity index (χ0n) is 29.9. The van der Waals surface area contributed by atoms with Gasteiger partial charge in [-0.1, -0.05) is 37.6 Å². The van der Waals surface area contributed by atoms with E-state index in [4.69, 9.17) is 16.3 Å². The molecule has 6 rings (SSSR count). The number of piperazine rings is 1. The van der Waals surface area contributed by atoms with Gasteiger partial charge >= 0.3 is 0 Å². The first-order valence-corrected chi connectivity index (χ1v) is 18.8. The van der Waals surface area contributed by atoms with Gasteiger partial charge in [-0.3, -0.25) is 19.4 Å². The molecule has 47 heavy (non-hydrogen) atoms. The number of nitrogens with zero attached hydrogens (tertiary/aromatic N) is 5. The second kappa shape index (κ2) is 14.3. The standard InChI is InChI=1S/C38H60ClN5O3/c1-37(2,3)43-24-28(32(26-43)27-9-11-29(39)12-10-27)23-42-25-31(22-33(42)35(45)41-19-17-40(6)18-20-41)44(36(46)34-8-7-21-47-34)30-13-15-38(4,5)16-14-30/h9-12,28,30-34H,7-8,13-26H2,1-6H3/t28-,31-,32-,33-,34-/m0/s1.